The summed E-state index contributed by atoms with van der Waals surface area (Å²) >= 11 is 6.28. The van der Waals surface area contributed by atoms with Gasteiger partial charge in [-0.3, -0.25) is 10.00 Å². The number of morpholine rings is 1. The highest BCUT2D eigenvalue weighted by Crippen LogP contribution is 2.27. The minimum Gasteiger partial charge on any atom is -0.394 e. The van der Waals surface area contributed by atoms with Crippen LogP contribution in [0.2, 0.25) is 5.02 Å². The standard InChI is InChI=1S/C24H31ClN8O2/c1-15-12-21(27-24-26-14-20(25)23(29-24)28-22-13-17(3)30-31-22)16(2)11-19(15)18(4)32-35-10-7-33-5-8-34-9-6-33/h11-14H,5-10H2,1-4H3,(H3,26,27,28,29,30,31). The van der Waals surface area contributed by atoms with Gasteiger partial charge in [0.05, 0.1) is 25.1 Å². The van der Waals surface area contributed by atoms with E-state index in [0.717, 1.165) is 66.6 Å². The highest BCUT2D eigenvalue weighted by molar-refractivity contribution is 6.32. The van der Waals surface area contributed by atoms with Gasteiger partial charge >= 0.3 is 0 Å². The Morgan fingerprint density at radius 1 is 1.17 bits per heavy atom. The van der Waals surface area contributed by atoms with Crippen molar-refractivity contribution in [2.45, 2.75) is 27.7 Å². The highest BCUT2D eigenvalue weighted by atomic mass is 35.5. The van der Waals surface area contributed by atoms with Crippen LogP contribution in [0.5, 0.6) is 0 Å². The van der Waals surface area contributed by atoms with E-state index >= 15 is 0 Å². The number of anilines is 4. The van der Waals surface area contributed by atoms with Gasteiger partial charge in [0.15, 0.2) is 11.6 Å². The molecule has 0 spiro atoms. The molecular formula is C24H31ClN8O2. The van der Waals surface area contributed by atoms with E-state index in [1.165, 1.54) is 0 Å². The van der Waals surface area contributed by atoms with Crippen LogP contribution in [0.25, 0.3) is 0 Å². The SMILES string of the molecule is CC(=NOCCN1CCOCC1)c1cc(C)c(Nc2ncc(Cl)c(Nc3cc(C)[nH]n3)n2)cc1C. The fraction of sp³-hybridized carbons (Fsp3) is 0.417. The summed E-state index contributed by atoms with van der Waals surface area (Å²) in [6, 6.07) is 6.01. The molecule has 0 unspecified atom stereocenters. The van der Waals surface area contributed by atoms with Gasteiger partial charge in [-0.1, -0.05) is 16.8 Å². The van der Waals surface area contributed by atoms with Crippen molar-refractivity contribution in [3.63, 3.8) is 0 Å². The molecule has 0 saturated carbocycles. The van der Waals surface area contributed by atoms with Crippen LogP contribution in [0.4, 0.5) is 23.3 Å². The molecule has 3 heterocycles. The van der Waals surface area contributed by atoms with E-state index in [9.17, 15) is 0 Å². The maximum atomic E-state index is 6.28. The van der Waals surface area contributed by atoms with Gasteiger partial charge in [-0.25, -0.2) is 4.98 Å². The number of halogens is 1. The summed E-state index contributed by atoms with van der Waals surface area (Å²) in [5.74, 6) is 1.53. The zero-order chi connectivity index (χ0) is 24.8. The second-order valence-electron chi connectivity index (χ2n) is 8.52. The number of aromatic amines is 1. The van der Waals surface area contributed by atoms with Gasteiger partial charge in [0.2, 0.25) is 5.95 Å². The third kappa shape index (κ3) is 6.68. The number of hydrogen-bond donors (Lipinski definition) is 3. The molecule has 2 aromatic heterocycles. The van der Waals surface area contributed by atoms with Crippen molar-refractivity contribution in [1.29, 1.82) is 0 Å². The van der Waals surface area contributed by atoms with Crippen molar-refractivity contribution < 1.29 is 9.57 Å². The second kappa shape index (κ2) is 11.5. The Morgan fingerprint density at radius 3 is 2.71 bits per heavy atom. The van der Waals surface area contributed by atoms with Crippen LogP contribution in [0.15, 0.2) is 29.6 Å². The number of aryl methyl sites for hydroxylation is 3. The quantitative estimate of drug-likeness (QED) is 0.227. The summed E-state index contributed by atoms with van der Waals surface area (Å²) in [5, 5.41) is 18.2. The molecule has 0 radical (unpaired) electrons. The summed E-state index contributed by atoms with van der Waals surface area (Å²) in [6.45, 7) is 12.8. The predicted molar refractivity (Wildman–Crippen MR) is 138 cm³/mol. The van der Waals surface area contributed by atoms with Gasteiger partial charge in [0.1, 0.15) is 11.6 Å². The predicted octanol–water partition coefficient (Wildman–Crippen LogP) is 4.34. The number of hydrogen-bond acceptors (Lipinski definition) is 9. The summed E-state index contributed by atoms with van der Waals surface area (Å²) in [4.78, 5) is 16.7. The van der Waals surface area contributed by atoms with Gasteiger partial charge in [-0.15, -0.1) is 0 Å². The number of aromatic nitrogens is 4. The number of rotatable bonds is 9. The van der Waals surface area contributed by atoms with Gasteiger partial charge in [-0.2, -0.15) is 10.1 Å². The third-order valence-corrected chi connectivity index (χ3v) is 5.98. The van der Waals surface area contributed by atoms with Crippen LogP contribution < -0.4 is 10.6 Å². The Kier molecular flexibility index (Phi) is 8.17. The first-order valence-electron chi connectivity index (χ1n) is 11.6. The Balaban J connectivity index is 1.41. The van der Waals surface area contributed by atoms with Crippen LogP contribution in [0.1, 0.15) is 29.3 Å². The van der Waals surface area contributed by atoms with Crippen LogP contribution in [0, 0.1) is 20.8 Å². The molecular weight excluding hydrogens is 468 g/mol. The molecule has 11 heteroatoms. The summed E-state index contributed by atoms with van der Waals surface area (Å²) in [5.41, 5.74) is 5.80. The van der Waals surface area contributed by atoms with E-state index in [-0.39, 0.29) is 0 Å². The minimum absolute atomic E-state index is 0.403. The van der Waals surface area contributed by atoms with Crippen LogP contribution in [-0.2, 0) is 9.57 Å². The molecule has 0 aliphatic carbocycles. The lowest BCUT2D eigenvalue weighted by molar-refractivity contribution is 0.0212. The molecule has 1 aliphatic heterocycles. The van der Waals surface area contributed by atoms with E-state index in [1.54, 1.807) is 6.20 Å². The molecule has 186 valence electrons. The van der Waals surface area contributed by atoms with Gasteiger partial charge in [0, 0.05) is 42.6 Å². The molecule has 3 aromatic rings. The summed E-state index contributed by atoms with van der Waals surface area (Å²) < 4.78 is 5.37. The molecule has 1 saturated heterocycles. The van der Waals surface area contributed by atoms with E-state index in [2.05, 4.69) is 53.0 Å². The van der Waals surface area contributed by atoms with E-state index < -0.39 is 0 Å². The molecule has 1 aliphatic rings. The summed E-state index contributed by atoms with van der Waals surface area (Å²) in [6.07, 6.45) is 1.56. The minimum atomic E-state index is 0.403. The Bertz CT molecular complexity index is 1190. The van der Waals surface area contributed by atoms with Crippen molar-refractivity contribution in [3.05, 3.63) is 51.8 Å². The topological polar surface area (TPSA) is 113 Å². The van der Waals surface area contributed by atoms with Gasteiger partial charge in [0.25, 0.3) is 0 Å². The smallest absolute Gasteiger partial charge is 0.229 e. The molecule has 0 amide bonds. The van der Waals surface area contributed by atoms with Crippen molar-refractivity contribution in [3.8, 4) is 0 Å². The number of nitrogens with zero attached hydrogens (tertiary/aromatic N) is 5. The summed E-state index contributed by atoms with van der Waals surface area (Å²) in [7, 11) is 0. The normalized spacial score (nSPS) is 14.7. The molecule has 10 nitrogen and oxygen atoms in total. The second-order valence-corrected chi connectivity index (χ2v) is 8.93. The lowest BCUT2D eigenvalue weighted by Gasteiger charge is -2.25. The zero-order valence-electron chi connectivity index (χ0n) is 20.5. The average molecular weight is 499 g/mol. The van der Waals surface area contributed by atoms with Crippen molar-refractivity contribution in [1.82, 2.24) is 25.1 Å². The molecule has 3 N–H and O–H groups in total. The molecule has 0 bridgehead atoms. The number of H-pyrrole nitrogens is 1. The van der Waals surface area contributed by atoms with E-state index in [0.29, 0.717) is 29.2 Å². The maximum Gasteiger partial charge on any atom is 0.229 e. The first-order chi connectivity index (χ1) is 16.9. The number of nitrogens with one attached hydrogen (secondary N) is 3. The zero-order valence-corrected chi connectivity index (χ0v) is 21.2. The Hall–Kier alpha value is -3.21. The third-order valence-electron chi connectivity index (χ3n) is 5.71. The molecule has 1 fully saturated rings. The highest BCUT2D eigenvalue weighted by Gasteiger charge is 2.13. The molecule has 1 aromatic carbocycles. The van der Waals surface area contributed by atoms with Crippen molar-refractivity contribution in [2.75, 3.05) is 50.1 Å². The van der Waals surface area contributed by atoms with Crippen LogP contribution in [0.3, 0.4) is 0 Å². The van der Waals surface area contributed by atoms with Crippen LogP contribution >= 0.6 is 11.6 Å². The fourth-order valence-corrected chi connectivity index (χ4v) is 3.90. The Labute approximate surface area is 210 Å². The largest absolute Gasteiger partial charge is 0.394 e. The monoisotopic (exact) mass is 498 g/mol. The Morgan fingerprint density at radius 2 is 1.97 bits per heavy atom. The van der Waals surface area contributed by atoms with Crippen molar-refractivity contribution in [2.24, 2.45) is 5.16 Å². The van der Waals surface area contributed by atoms with Crippen LogP contribution in [-0.4, -0.2) is 70.2 Å². The van der Waals surface area contributed by atoms with E-state index in [4.69, 9.17) is 21.2 Å². The molecule has 0 atom stereocenters. The van der Waals surface area contributed by atoms with E-state index in [1.807, 2.05) is 33.8 Å². The average Bonchev–Trinajstić information content (AvgIpc) is 3.26. The molecule has 35 heavy (non-hydrogen) atoms. The fourth-order valence-electron chi connectivity index (χ4n) is 3.77. The first kappa shape index (κ1) is 24.9. The lowest BCUT2D eigenvalue weighted by atomic mass is 10.0. The lowest BCUT2D eigenvalue weighted by Crippen LogP contribution is -2.38. The van der Waals surface area contributed by atoms with Gasteiger partial charge in [-0.05, 0) is 51.0 Å². The van der Waals surface area contributed by atoms with Crippen molar-refractivity contribution >= 4 is 40.6 Å². The number of ether oxygens (including phenoxy) is 1. The van der Waals surface area contributed by atoms with Gasteiger partial charge < -0.3 is 20.2 Å². The maximum absolute atomic E-state index is 6.28. The number of benzene rings is 1. The molecule has 4 rings (SSSR count). The number of oxime groups is 1. The first-order valence-corrected chi connectivity index (χ1v) is 11.9.